The van der Waals surface area contributed by atoms with Gasteiger partial charge in [0.15, 0.2) is 0 Å². The Labute approximate surface area is 88.8 Å². The van der Waals surface area contributed by atoms with Crippen LogP contribution in [0.4, 0.5) is 5.69 Å². The van der Waals surface area contributed by atoms with Gasteiger partial charge in [-0.05, 0) is 24.3 Å². The Morgan fingerprint density at radius 1 is 1.15 bits per heavy atom. The normalized spacial score (nSPS) is 9.69. The first kappa shape index (κ1) is 10.5. The SMILES string of the molecule is O=Cc1ccc(N(CS)CS)cc1. The molecule has 1 aromatic carbocycles. The molecule has 0 aliphatic rings. The fourth-order valence-electron chi connectivity index (χ4n) is 0.972. The summed E-state index contributed by atoms with van der Waals surface area (Å²) in [4.78, 5) is 12.4. The molecule has 0 fully saturated rings. The minimum Gasteiger partial charge on any atom is -0.354 e. The van der Waals surface area contributed by atoms with Crippen LogP contribution in [0.1, 0.15) is 10.4 Å². The highest BCUT2D eigenvalue weighted by atomic mass is 32.1. The summed E-state index contributed by atoms with van der Waals surface area (Å²) in [6, 6.07) is 7.33. The average molecular weight is 213 g/mol. The molecule has 0 saturated carbocycles. The van der Waals surface area contributed by atoms with Crippen molar-refractivity contribution >= 4 is 37.2 Å². The van der Waals surface area contributed by atoms with Crippen LogP contribution in [0.25, 0.3) is 0 Å². The van der Waals surface area contributed by atoms with Crippen LogP contribution < -0.4 is 4.90 Å². The van der Waals surface area contributed by atoms with E-state index < -0.39 is 0 Å². The average Bonchev–Trinajstić information content (AvgIpc) is 2.21. The van der Waals surface area contributed by atoms with Gasteiger partial charge in [-0.25, -0.2) is 0 Å². The second kappa shape index (κ2) is 5.19. The minimum absolute atomic E-state index is 0.615. The topological polar surface area (TPSA) is 20.3 Å². The molecule has 4 heteroatoms. The van der Waals surface area contributed by atoms with Crippen molar-refractivity contribution in [2.24, 2.45) is 0 Å². The summed E-state index contributed by atoms with van der Waals surface area (Å²) in [5.74, 6) is 1.23. The standard InChI is InChI=1S/C9H11NOS2/c11-5-8-1-3-9(4-2-8)10(6-12)7-13/h1-5,12-13H,6-7H2. The summed E-state index contributed by atoms with van der Waals surface area (Å²) in [6.07, 6.45) is 0.829. The molecule has 0 radical (unpaired) electrons. The van der Waals surface area contributed by atoms with E-state index in [1.807, 2.05) is 17.0 Å². The molecule has 0 N–H and O–H groups in total. The number of hydrogen-bond donors (Lipinski definition) is 2. The lowest BCUT2D eigenvalue weighted by atomic mass is 10.2. The number of carbonyl (C=O) groups is 1. The number of nitrogens with zero attached hydrogens (tertiary/aromatic N) is 1. The summed E-state index contributed by atoms with van der Waals surface area (Å²) < 4.78 is 0. The van der Waals surface area contributed by atoms with Crippen LogP contribution in [0.15, 0.2) is 24.3 Å². The molecule has 0 aliphatic carbocycles. The number of aldehydes is 1. The van der Waals surface area contributed by atoms with Crippen LogP contribution in [0.2, 0.25) is 0 Å². The van der Waals surface area contributed by atoms with Gasteiger partial charge in [0.25, 0.3) is 0 Å². The number of carbonyl (C=O) groups excluding carboxylic acids is 1. The molecule has 0 amide bonds. The molecule has 0 heterocycles. The van der Waals surface area contributed by atoms with E-state index in [1.54, 1.807) is 12.1 Å². The van der Waals surface area contributed by atoms with Crippen LogP contribution in [0.3, 0.4) is 0 Å². The minimum atomic E-state index is 0.615. The third kappa shape index (κ3) is 2.67. The molecular weight excluding hydrogens is 202 g/mol. The van der Waals surface area contributed by atoms with E-state index >= 15 is 0 Å². The fraction of sp³-hybridized carbons (Fsp3) is 0.222. The van der Waals surface area contributed by atoms with Crippen molar-refractivity contribution in [1.29, 1.82) is 0 Å². The predicted molar refractivity (Wildman–Crippen MR) is 62.0 cm³/mol. The van der Waals surface area contributed by atoms with Crippen LogP contribution >= 0.6 is 25.3 Å². The molecule has 2 nitrogen and oxygen atoms in total. The molecule has 0 unspecified atom stereocenters. The molecule has 0 aromatic heterocycles. The lowest BCUT2D eigenvalue weighted by molar-refractivity contribution is 0.112. The van der Waals surface area contributed by atoms with Crippen LogP contribution in [-0.4, -0.2) is 18.0 Å². The second-order valence-corrected chi connectivity index (χ2v) is 3.10. The van der Waals surface area contributed by atoms with Crippen LogP contribution in [0, 0.1) is 0 Å². The second-order valence-electron chi connectivity index (χ2n) is 2.53. The summed E-state index contributed by atoms with van der Waals surface area (Å²) in [5.41, 5.74) is 1.71. The van der Waals surface area contributed by atoms with Gasteiger partial charge in [0, 0.05) is 11.3 Å². The highest BCUT2D eigenvalue weighted by Crippen LogP contribution is 2.15. The maximum Gasteiger partial charge on any atom is 0.150 e. The Morgan fingerprint density at radius 2 is 1.69 bits per heavy atom. The van der Waals surface area contributed by atoms with Crippen molar-refractivity contribution in [3.8, 4) is 0 Å². The zero-order valence-electron chi connectivity index (χ0n) is 7.05. The summed E-state index contributed by atoms with van der Waals surface area (Å²) in [6.45, 7) is 0. The van der Waals surface area contributed by atoms with Crippen molar-refractivity contribution in [2.75, 3.05) is 16.7 Å². The van der Waals surface area contributed by atoms with Gasteiger partial charge in [-0.15, -0.1) is 0 Å². The maximum absolute atomic E-state index is 10.4. The van der Waals surface area contributed by atoms with E-state index in [1.165, 1.54) is 0 Å². The van der Waals surface area contributed by atoms with Gasteiger partial charge in [-0.3, -0.25) is 4.79 Å². The van der Waals surface area contributed by atoms with E-state index in [4.69, 9.17) is 0 Å². The lowest BCUT2D eigenvalue weighted by Crippen LogP contribution is -2.18. The fourth-order valence-corrected chi connectivity index (χ4v) is 1.66. The van der Waals surface area contributed by atoms with E-state index in [2.05, 4.69) is 25.3 Å². The third-order valence-corrected chi connectivity index (χ3v) is 2.42. The van der Waals surface area contributed by atoms with Gasteiger partial charge in [0.05, 0.1) is 11.8 Å². The van der Waals surface area contributed by atoms with Crippen molar-refractivity contribution in [3.05, 3.63) is 29.8 Å². The molecule has 1 rings (SSSR count). The summed E-state index contributed by atoms with van der Waals surface area (Å²) in [5, 5.41) is 0. The molecule has 1 aromatic rings. The predicted octanol–water partition coefficient (Wildman–Crippen LogP) is 2.08. The van der Waals surface area contributed by atoms with Crippen molar-refractivity contribution in [2.45, 2.75) is 0 Å². The van der Waals surface area contributed by atoms with E-state index in [0.29, 0.717) is 17.3 Å². The highest BCUT2D eigenvalue weighted by molar-refractivity contribution is 7.81. The molecule has 70 valence electrons. The van der Waals surface area contributed by atoms with Crippen molar-refractivity contribution in [1.82, 2.24) is 0 Å². The van der Waals surface area contributed by atoms with Crippen LogP contribution in [-0.2, 0) is 0 Å². The van der Waals surface area contributed by atoms with Gasteiger partial charge < -0.3 is 4.90 Å². The van der Waals surface area contributed by atoms with Crippen LogP contribution in [0.5, 0.6) is 0 Å². The quantitative estimate of drug-likeness (QED) is 0.454. The first-order valence-electron chi connectivity index (χ1n) is 3.83. The van der Waals surface area contributed by atoms with Gasteiger partial charge >= 0.3 is 0 Å². The van der Waals surface area contributed by atoms with E-state index in [0.717, 1.165) is 12.0 Å². The Bertz CT molecular complexity index is 269. The Hall–Kier alpha value is -0.610. The van der Waals surface area contributed by atoms with E-state index in [9.17, 15) is 4.79 Å². The summed E-state index contributed by atoms with van der Waals surface area (Å²) >= 11 is 8.33. The monoisotopic (exact) mass is 213 g/mol. The molecule has 13 heavy (non-hydrogen) atoms. The molecule has 0 aliphatic heterocycles. The van der Waals surface area contributed by atoms with E-state index in [-0.39, 0.29) is 0 Å². The Kier molecular flexibility index (Phi) is 4.18. The molecular formula is C9H11NOS2. The maximum atomic E-state index is 10.4. The first-order chi connectivity index (χ1) is 6.31. The number of anilines is 1. The van der Waals surface area contributed by atoms with Crippen molar-refractivity contribution < 1.29 is 4.79 Å². The number of hydrogen-bond acceptors (Lipinski definition) is 4. The highest BCUT2D eigenvalue weighted by Gasteiger charge is 2.00. The first-order valence-corrected chi connectivity index (χ1v) is 5.10. The third-order valence-electron chi connectivity index (χ3n) is 1.74. The molecule has 0 bridgehead atoms. The summed E-state index contributed by atoms with van der Waals surface area (Å²) in [7, 11) is 0. The van der Waals surface area contributed by atoms with Gasteiger partial charge in [0.1, 0.15) is 6.29 Å². The molecule has 0 atom stereocenters. The lowest BCUT2D eigenvalue weighted by Gasteiger charge is -2.19. The largest absolute Gasteiger partial charge is 0.354 e. The number of thiol groups is 2. The smallest absolute Gasteiger partial charge is 0.150 e. The Balaban J connectivity index is 2.83. The zero-order valence-corrected chi connectivity index (χ0v) is 8.84. The zero-order chi connectivity index (χ0) is 9.68. The molecule has 0 saturated heterocycles. The molecule has 0 spiro atoms. The van der Waals surface area contributed by atoms with Crippen molar-refractivity contribution in [3.63, 3.8) is 0 Å². The van der Waals surface area contributed by atoms with Gasteiger partial charge in [-0.2, -0.15) is 25.3 Å². The number of rotatable bonds is 4. The number of benzene rings is 1. The van der Waals surface area contributed by atoms with Gasteiger partial charge in [-0.1, -0.05) is 0 Å². The Morgan fingerprint density at radius 3 is 2.08 bits per heavy atom. The van der Waals surface area contributed by atoms with Gasteiger partial charge in [0.2, 0.25) is 0 Å².